The van der Waals surface area contributed by atoms with Crippen molar-refractivity contribution in [1.82, 2.24) is 0 Å². The molecule has 176 valence electrons. The molecule has 0 unspecified atom stereocenters. The van der Waals surface area contributed by atoms with E-state index in [4.69, 9.17) is 0 Å². The number of fused-ring (bicyclic) bond motifs is 7. The quantitative estimate of drug-likeness (QED) is 0.421. The third-order valence-electron chi connectivity index (χ3n) is 13.0. The molecule has 9 atom stereocenters. The largest absolute Gasteiger partial charge is 0.392 e. The first-order valence-electron chi connectivity index (χ1n) is 13.7. The lowest BCUT2D eigenvalue weighted by atomic mass is 9.35. The van der Waals surface area contributed by atoms with Gasteiger partial charge in [0.25, 0.3) is 0 Å². The summed E-state index contributed by atoms with van der Waals surface area (Å²) in [5.74, 6) is 3.49. The van der Waals surface area contributed by atoms with Crippen molar-refractivity contribution in [3.63, 3.8) is 0 Å². The summed E-state index contributed by atoms with van der Waals surface area (Å²) in [6.45, 7) is 20.4. The normalized spacial score (nSPS) is 55.7. The maximum absolute atomic E-state index is 11.8. The molecule has 0 radical (unpaired) electrons. The summed E-state index contributed by atoms with van der Waals surface area (Å²) < 4.78 is 0. The van der Waals surface area contributed by atoms with E-state index in [1.165, 1.54) is 51.4 Å². The smallest absolute Gasteiger partial charge is 0.0614 e. The minimum Gasteiger partial charge on any atom is -0.392 e. The van der Waals surface area contributed by atoms with Crippen molar-refractivity contribution in [2.24, 2.45) is 56.7 Å². The SMILES string of the molecule is CC(C)[C@H]1CC[C@@H]2[C@]1(C)CC[C@]1(C)[C@@H]3C(=CC[C@@]21C)[C@@]1(C)CCCC(C)(C)[C@@H]1C[C@H]3O. The van der Waals surface area contributed by atoms with Crippen LogP contribution in [0.4, 0.5) is 0 Å². The first-order valence-corrected chi connectivity index (χ1v) is 13.7. The standard InChI is InChI=1S/C30H50O/c1-19(2)20-10-11-23-28(20,6)16-17-30(8)25-21(12-15-29(23,30)7)27(5)14-9-13-26(3,4)24(27)18-22(25)31/h12,19-20,22-25,31H,9-11,13-18H2,1-8H3/t20-,22-,23-,24+,25-,27-,28-,29+,30-/m1/s1. The van der Waals surface area contributed by atoms with E-state index >= 15 is 0 Å². The summed E-state index contributed by atoms with van der Waals surface area (Å²) in [6.07, 6.45) is 14.3. The van der Waals surface area contributed by atoms with Crippen LogP contribution in [0.15, 0.2) is 11.6 Å². The monoisotopic (exact) mass is 426 g/mol. The molecule has 5 aliphatic rings. The molecule has 1 heteroatoms. The van der Waals surface area contributed by atoms with Gasteiger partial charge in [-0.05, 0) is 102 Å². The number of aliphatic hydroxyl groups excluding tert-OH is 1. The van der Waals surface area contributed by atoms with Crippen molar-refractivity contribution in [2.45, 2.75) is 119 Å². The van der Waals surface area contributed by atoms with Crippen LogP contribution in [0.2, 0.25) is 0 Å². The summed E-state index contributed by atoms with van der Waals surface area (Å²) >= 11 is 0. The Bertz CT molecular complexity index is 777. The minimum absolute atomic E-state index is 0.155. The second kappa shape index (κ2) is 6.64. The lowest BCUT2D eigenvalue weighted by Crippen LogP contribution is -2.64. The van der Waals surface area contributed by atoms with Gasteiger partial charge in [-0.25, -0.2) is 0 Å². The van der Waals surface area contributed by atoms with Gasteiger partial charge in [0.15, 0.2) is 0 Å². The molecule has 0 aromatic carbocycles. The first-order chi connectivity index (χ1) is 14.3. The zero-order valence-corrected chi connectivity index (χ0v) is 21.9. The fourth-order valence-electron chi connectivity index (χ4n) is 11.3. The van der Waals surface area contributed by atoms with Gasteiger partial charge in [-0.3, -0.25) is 0 Å². The van der Waals surface area contributed by atoms with Crippen LogP contribution in [-0.4, -0.2) is 11.2 Å². The average molecular weight is 427 g/mol. The zero-order chi connectivity index (χ0) is 22.6. The molecule has 31 heavy (non-hydrogen) atoms. The maximum atomic E-state index is 11.8. The first kappa shape index (κ1) is 22.5. The lowest BCUT2D eigenvalue weighted by molar-refractivity contribution is -0.183. The minimum atomic E-state index is -0.155. The van der Waals surface area contributed by atoms with Crippen molar-refractivity contribution in [1.29, 1.82) is 0 Å². The Morgan fingerprint density at radius 1 is 0.871 bits per heavy atom. The van der Waals surface area contributed by atoms with E-state index in [1.807, 2.05) is 0 Å². The molecule has 5 rings (SSSR count). The van der Waals surface area contributed by atoms with E-state index in [9.17, 15) is 5.11 Å². The molecule has 0 aliphatic heterocycles. The molecule has 0 bridgehead atoms. The summed E-state index contributed by atoms with van der Waals surface area (Å²) in [7, 11) is 0. The van der Waals surface area contributed by atoms with Gasteiger partial charge < -0.3 is 5.11 Å². The predicted octanol–water partition coefficient (Wildman–Crippen LogP) is 8.02. The number of hydrogen-bond donors (Lipinski definition) is 1. The molecule has 0 heterocycles. The van der Waals surface area contributed by atoms with Crippen LogP contribution in [0.5, 0.6) is 0 Å². The van der Waals surface area contributed by atoms with E-state index in [0.29, 0.717) is 33.5 Å². The third kappa shape index (κ3) is 2.65. The maximum Gasteiger partial charge on any atom is 0.0614 e. The van der Waals surface area contributed by atoms with Gasteiger partial charge in [0.1, 0.15) is 0 Å². The second-order valence-corrected chi connectivity index (χ2v) is 14.8. The Labute approximate surface area is 192 Å². The second-order valence-electron chi connectivity index (χ2n) is 14.8. The van der Waals surface area contributed by atoms with Crippen molar-refractivity contribution < 1.29 is 5.11 Å². The molecule has 4 fully saturated rings. The average Bonchev–Trinajstić information content (AvgIpc) is 3.03. The molecule has 0 aromatic heterocycles. The molecular formula is C30H50O. The van der Waals surface area contributed by atoms with Crippen molar-refractivity contribution in [3.05, 3.63) is 11.6 Å². The molecule has 5 aliphatic carbocycles. The fraction of sp³-hybridized carbons (Fsp3) is 0.933. The van der Waals surface area contributed by atoms with Crippen molar-refractivity contribution >= 4 is 0 Å². The van der Waals surface area contributed by atoms with Crippen molar-refractivity contribution in [3.8, 4) is 0 Å². The Kier molecular flexibility index (Phi) is 4.82. The summed E-state index contributed by atoms with van der Waals surface area (Å²) in [4.78, 5) is 0. The lowest BCUT2D eigenvalue weighted by Gasteiger charge is -2.69. The van der Waals surface area contributed by atoms with E-state index in [-0.39, 0.29) is 11.5 Å². The predicted molar refractivity (Wildman–Crippen MR) is 131 cm³/mol. The molecular weight excluding hydrogens is 376 g/mol. The van der Waals surface area contributed by atoms with Gasteiger partial charge in [0.2, 0.25) is 0 Å². The van der Waals surface area contributed by atoms with Crippen LogP contribution in [0.25, 0.3) is 0 Å². The van der Waals surface area contributed by atoms with Crippen molar-refractivity contribution in [2.75, 3.05) is 0 Å². The molecule has 1 N–H and O–H groups in total. The van der Waals surface area contributed by atoms with Gasteiger partial charge in [-0.2, -0.15) is 0 Å². The number of rotatable bonds is 1. The number of hydrogen-bond acceptors (Lipinski definition) is 1. The van der Waals surface area contributed by atoms with E-state index < -0.39 is 0 Å². The highest BCUT2D eigenvalue weighted by molar-refractivity contribution is 5.34. The molecule has 0 amide bonds. The molecule has 4 saturated carbocycles. The highest BCUT2D eigenvalue weighted by Gasteiger charge is 2.69. The summed E-state index contributed by atoms with van der Waals surface area (Å²) in [6, 6.07) is 0. The van der Waals surface area contributed by atoms with Crippen LogP contribution < -0.4 is 0 Å². The Morgan fingerprint density at radius 2 is 1.58 bits per heavy atom. The van der Waals surface area contributed by atoms with E-state index in [2.05, 4.69) is 61.5 Å². The fourth-order valence-corrected chi connectivity index (χ4v) is 11.3. The van der Waals surface area contributed by atoms with Gasteiger partial charge in [-0.15, -0.1) is 0 Å². The van der Waals surface area contributed by atoms with Gasteiger partial charge in [0, 0.05) is 5.92 Å². The number of aliphatic hydroxyl groups is 1. The highest BCUT2D eigenvalue weighted by Crippen LogP contribution is 2.76. The zero-order valence-electron chi connectivity index (χ0n) is 21.9. The Hall–Kier alpha value is -0.300. The molecule has 0 spiro atoms. The Balaban J connectivity index is 1.59. The molecule has 0 aromatic rings. The summed E-state index contributed by atoms with van der Waals surface area (Å²) in [5, 5.41) is 11.8. The topological polar surface area (TPSA) is 20.2 Å². The van der Waals surface area contributed by atoms with Gasteiger partial charge >= 0.3 is 0 Å². The van der Waals surface area contributed by atoms with Crippen LogP contribution in [0.3, 0.4) is 0 Å². The van der Waals surface area contributed by atoms with Gasteiger partial charge in [-0.1, -0.05) is 73.5 Å². The van der Waals surface area contributed by atoms with Gasteiger partial charge in [0.05, 0.1) is 6.10 Å². The molecule has 0 saturated heterocycles. The Morgan fingerprint density at radius 3 is 2.26 bits per heavy atom. The van der Waals surface area contributed by atoms with Crippen LogP contribution in [-0.2, 0) is 0 Å². The molecule has 1 nitrogen and oxygen atoms in total. The summed E-state index contributed by atoms with van der Waals surface area (Å²) in [5.41, 5.74) is 3.39. The van der Waals surface area contributed by atoms with Crippen LogP contribution >= 0.6 is 0 Å². The third-order valence-corrected chi connectivity index (χ3v) is 13.0. The van der Waals surface area contributed by atoms with Crippen LogP contribution in [0, 0.1) is 56.7 Å². The number of allylic oxidation sites excluding steroid dienone is 1. The van der Waals surface area contributed by atoms with E-state index in [1.54, 1.807) is 5.57 Å². The van der Waals surface area contributed by atoms with Crippen LogP contribution in [0.1, 0.15) is 113 Å². The van der Waals surface area contributed by atoms with E-state index in [0.717, 1.165) is 24.2 Å². The highest BCUT2D eigenvalue weighted by atomic mass is 16.3.